The SMILES string of the molecule is COc1ccc(/C=C/C(=O)c2ccccc2OC(=O)C(C)(C)C)cc1. The molecule has 0 aliphatic carbocycles. The van der Waals surface area contributed by atoms with Crippen LogP contribution in [0.3, 0.4) is 0 Å². The number of methoxy groups -OCH3 is 1. The summed E-state index contributed by atoms with van der Waals surface area (Å²) in [5.74, 6) is 0.412. The van der Waals surface area contributed by atoms with E-state index in [1.165, 1.54) is 6.08 Å². The molecule has 4 nitrogen and oxygen atoms in total. The molecule has 0 unspecified atom stereocenters. The molecule has 2 aromatic carbocycles. The van der Waals surface area contributed by atoms with Gasteiger partial charge in [-0.15, -0.1) is 0 Å². The second-order valence-corrected chi connectivity index (χ2v) is 6.61. The van der Waals surface area contributed by atoms with Gasteiger partial charge >= 0.3 is 5.97 Å². The van der Waals surface area contributed by atoms with Crippen LogP contribution in [0.4, 0.5) is 0 Å². The van der Waals surface area contributed by atoms with E-state index in [9.17, 15) is 9.59 Å². The van der Waals surface area contributed by atoms with E-state index in [0.717, 1.165) is 11.3 Å². The summed E-state index contributed by atoms with van der Waals surface area (Å²) in [5, 5.41) is 0. The van der Waals surface area contributed by atoms with Crippen molar-refractivity contribution in [2.75, 3.05) is 7.11 Å². The quantitative estimate of drug-likeness (QED) is 0.347. The largest absolute Gasteiger partial charge is 0.497 e. The Balaban J connectivity index is 2.18. The van der Waals surface area contributed by atoms with Gasteiger partial charge in [0.25, 0.3) is 0 Å². The van der Waals surface area contributed by atoms with Crippen molar-refractivity contribution < 1.29 is 19.1 Å². The smallest absolute Gasteiger partial charge is 0.316 e. The molecule has 0 saturated heterocycles. The highest BCUT2D eigenvalue weighted by Gasteiger charge is 2.25. The fourth-order valence-electron chi connectivity index (χ4n) is 1.99. The number of esters is 1. The molecule has 0 amide bonds. The first kappa shape index (κ1) is 18.5. The van der Waals surface area contributed by atoms with E-state index >= 15 is 0 Å². The number of para-hydroxylation sites is 1. The zero-order chi connectivity index (χ0) is 18.4. The van der Waals surface area contributed by atoms with Crippen LogP contribution in [0.15, 0.2) is 54.6 Å². The van der Waals surface area contributed by atoms with Crippen molar-refractivity contribution in [3.63, 3.8) is 0 Å². The molecule has 0 radical (unpaired) electrons. The highest BCUT2D eigenvalue weighted by Crippen LogP contribution is 2.24. The van der Waals surface area contributed by atoms with Crippen molar-refractivity contribution in [3.05, 3.63) is 65.7 Å². The third-order valence-electron chi connectivity index (χ3n) is 3.51. The molecule has 25 heavy (non-hydrogen) atoms. The van der Waals surface area contributed by atoms with E-state index in [-0.39, 0.29) is 17.5 Å². The predicted molar refractivity (Wildman–Crippen MR) is 97.9 cm³/mol. The molecule has 0 aliphatic heterocycles. The lowest BCUT2D eigenvalue weighted by molar-refractivity contribution is -0.143. The van der Waals surface area contributed by atoms with Crippen molar-refractivity contribution in [3.8, 4) is 11.5 Å². The molecule has 0 aromatic heterocycles. The maximum atomic E-state index is 12.5. The normalized spacial score (nSPS) is 11.4. The van der Waals surface area contributed by atoms with Crippen molar-refractivity contribution in [1.82, 2.24) is 0 Å². The van der Waals surface area contributed by atoms with Gasteiger partial charge in [0, 0.05) is 0 Å². The number of carbonyl (C=O) groups excluding carboxylic acids is 2. The Morgan fingerprint density at radius 2 is 1.60 bits per heavy atom. The minimum absolute atomic E-state index is 0.229. The molecule has 0 spiro atoms. The van der Waals surface area contributed by atoms with E-state index < -0.39 is 5.41 Å². The topological polar surface area (TPSA) is 52.6 Å². The van der Waals surface area contributed by atoms with Crippen LogP contribution < -0.4 is 9.47 Å². The second kappa shape index (κ2) is 7.79. The summed E-state index contributed by atoms with van der Waals surface area (Å²) in [6.45, 7) is 5.30. The number of hydrogen-bond acceptors (Lipinski definition) is 4. The maximum Gasteiger partial charge on any atom is 0.316 e. The van der Waals surface area contributed by atoms with E-state index in [2.05, 4.69) is 0 Å². The number of carbonyl (C=O) groups is 2. The molecule has 0 aliphatic rings. The summed E-state index contributed by atoms with van der Waals surface area (Å²) >= 11 is 0. The molecule has 0 atom stereocenters. The molecule has 4 heteroatoms. The third kappa shape index (κ3) is 5.05. The third-order valence-corrected chi connectivity index (χ3v) is 3.51. The minimum atomic E-state index is -0.644. The van der Waals surface area contributed by atoms with Crippen LogP contribution >= 0.6 is 0 Å². The van der Waals surface area contributed by atoms with Crippen LogP contribution in [0.1, 0.15) is 36.7 Å². The average Bonchev–Trinajstić information content (AvgIpc) is 2.59. The summed E-state index contributed by atoms with van der Waals surface area (Å²) in [7, 11) is 1.60. The monoisotopic (exact) mass is 338 g/mol. The Labute approximate surface area is 148 Å². The van der Waals surface area contributed by atoms with Crippen LogP contribution in [-0.2, 0) is 4.79 Å². The molecule has 0 fully saturated rings. The summed E-state index contributed by atoms with van der Waals surface area (Å²) in [6, 6.07) is 14.1. The Morgan fingerprint density at radius 1 is 0.960 bits per heavy atom. The van der Waals surface area contributed by atoms with Crippen LogP contribution in [0.5, 0.6) is 11.5 Å². The standard InChI is InChI=1S/C21H22O4/c1-21(2,3)20(23)25-19-8-6-5-7-17(19)18(22)14-11-15-9-12-16(24-4)13-10-15/h5-14H,1-4H3/b14-11+. The summed E-state index contributed by atoms with van der Waals surface area (Å²) in [5.41, 5.74) is 0.581. The van der Waals surface area contributed by atoms with Gasteiger partial charge in [0.1, 0.15) is 11.5 Å². The number of hydrogen-bond donors (Lipinski definition) is 0. The number of allylic oxidation sites excluding steroid dienone is 1. The van der Waals surface area contributed by atoms with Crippen LogP contribution in [0.25, 0.3) is 6.08 Å². The summed E-state index contributed by atoms with van der Waals surface area (Å²) in [4.78, 5) is 24.6. The lowest BCUT2D eigenvalue weighted by atomic mass is 9.97. The molecule has 0 bridgehead atoms. The van der Waals surface area contributed by atoms with Gasteiger partial charge in [-0.3, -0.25) is 9.59 Å². The van der Waals surface area contributed by atoms with Crippen LogP contribution in [0.2, 0.25) is 0 Å². The minimum Gasteiger partial charge on any atom is -0.497 e. The van der Waals surface area contributed by atoms with E-state index in [1.54, 1.807) is 58.2 Å². The highest BCUT2D eigenvalue weighted by atomic mass is 16.5. The van der Waals surface area contributed by atoms with Gasteiger partial charge in [0.05, 0.1) is 18.1 Å². The number of ketones is 1. The van der Waals surface area contributed by atoms with Crippen molar-refractivity contribution in [2.45, 2.75) is 20.8 Å². The van der Waals surface area contributed by atoms with Gasteiger partial charge in [0.15, 0.2) is 5.78 Å². The van der Waals surface area contributed by atoms with Crippen molar-refractivity contribution in [1.29, 1.82) is 0 Å². The molecule has 130 valence electrons. The fraction of sp³-hybridized carbons (Fsp3) is 0.238. The molecule has 0 N–H and O–H groups in total. The second-order valence-electron chi connectivity index (χ2n) is 6.61. The van der Waals surface area contributed by atoms with Crippen LogP contribution in [0, 0.1) is 5.41 Å². The molecule has 0 saturated carbocycles. The zero-order valence-corrected chi connectivity index (χ0v) is 14.9. The number of rotatable bonds is 5. The van der Waals surface area contributed by atoms with Gasteiger partial charge in [-0.1, -0.05) is 30.3 Å². The van der Waals surface area contributed by atoms with Gasteiger partial charge in [-0.05, 0) is 56.7 Å². The number of benzene rings is 2. The molecule has 2 rings (SSSR count). The first-order valence-electron chi connectivity index (χ1n) is 7.99. The average molecular weight is 338 g/mol. The summed E-state index contributed by atoms with van der Waals surface area (Å²) < 4.78 is 10.5. The first-order valence-corrected chi connectivity index (χ1v) is 7.99. The molecule has 0 heterocycles. The fourth-order valence-corrected chi connectivity index (χ4v) is 1.99. The van der Waals surface area contributed by atoms with E-state index in [0.29, 0.717) is 5.56 Å². The van der Waals surface area contributed by atoms with Crippen LogP contribution in [-0.4, -0.2) is 18.9 Å². The van der Waals surface area contributed by atoms with Crippen molar-refractivity contribution in [2.24, 2.45) is 5.41 Å². The van der Waals surface area contributed by atoms with Gasteiger partial charge in [0.2, 0.25) is 0 Å². The van der Waals surface area contributed by atoms with Gasteiger partial charge < -0.3 is 9.47 Å². The molecular weight excluding hydrogens is 316 g/mol. The van der Waals surface area contributed by atoms with Gasteiger partial charge in [-0.2, -0.15) is 0 Å². The van der Waals surface area contributed by atoms with E-state index in [4.69, 9.17) is 9.47 Å². The number of ether oxygens (including phenoxy) is 2. The Hall–Kier alpha value is -2.88. The lowest BCUT2D eigenvalue weighted by Crippen LogP contribution is -2.26. The zero-order valence-electron chi connectivity index (χ0n) is 14.9. The maximum absolute atomic E-state index is 12.5. The molecular formula is C21H22O4. The van der Waals surface area contributed by atoms with Gasteiger partial charge in [-0.25, -0.2) is 0 Å². The predicted octanol–water partition coefficient (Wildman–Crippen LogP) is 4.54. The Bertz CT molecular complexity index is 780. The van der Waals surface area contributed by atoms with Crippen molar-refractivity contribution >= 4 is 17.8 Å². The Kier molecular flexibility index (Phi) is 5.75. The Morgan fingerprint density at radius 3 is 2.20 bits per heavy atom. The lowest BCUT2D eigenvalue weighted by Gasteiger charge is -2.17. The molecule has 2 aromatic rings. The summed E-state index contributed by atoms with van der Waals surface area (Å²) in [6.07, 6.45) is 3.18. The van der Waals surface area contributed by atoms with E-state index in [1.807, 2.05) is 24.3 Å². The highest BCUT2D eigenvalue weighted by molar-refractivity contribution is 6.09. The first-order chi connectivity index (χ1) is 11.8.